The van der Waals surface area contributed by atoms with Gasteiger partial charge in [-0.3, -0.25) is 4.98 Å². The van der Waals surface area contributed by atoms with Gasteiger partial charge in [0.05, 0.1) is 6.26 Å². The number of nitrogens with zero attached hydrogens (tertiary/aromatic N) is 1. The van der Waals surface area contributed by atoms with Gasteiger partial charge in [-0.15, -0.1) is 0 Å². The predicted octanol–water partition coefficient (Wildman–Crippen LogP) is 1.59. The van der Waals surface area contributed by atoms with Crippen molar-refractivity contribution in [2.24, 2.45) is 0 Å². The molecule has 5 heteroatoms. The third-order valence-corrected chi connectivity index (χ3v) is 1.65. The number of rotatable bonds is 3. The summed E-state index contributed by atoms with van der Waals surface area (Å²) in [5.74, 6) is 0. The Morgan fingerprint density at radius 1 is 1.54 bits per heavy atom. The quantitative estimate of drug-likeness (QED) is 0.573. The van der Waals surface area contributed by atoms with Crippen molar-refractivity contribution in [2.45, 2.75) is 6.92 Å². The van der Waals surface area contributed by atoms with Gasteiger partial charge in [-0.05, 0) is 30.7 Å². The molecular formula is C8H10NO3P. The number of aryl methyl sites for hydroxylation is 1. The summed E-state index contributed by atoms with van der Waals surface area (Å²) in [6.07, 6.45) is 4.56. The Hall–Kier alpha value is -0.960. The first-order valence-electron chi connectivity index (χ1n) is 3.62. The highest BCUT2D eigenvalue weighted by atomic mass is 31.2. The first-order chi connectivity index (χ1) is 6.18. The van der Waals surface area contributed by atoms with Crippen LogP contribution in [0.5, 0.6) is 0 Å². The highest BCUT2D eigenvalue weighted by Gasteiger charge is 1.93. The second-order valence-electron chi connectivity index (χ2n) is 2.39. The van der Waals surface area contributed by atoms with Crippen molar-refractivity contribution in [3.63, 3.8) is 0 Å². The Morgan fingerprint density at radius 3 is 2.92 bits per heavy atom. The normalized spacial score (nSPS) is 11.1. The molecule has 0 radical (unpaired) electrons. The lowest BCUT2D eigenvalue weighted by Crippen LogP contribution is -1.80. The van der Waals surface area contributed by atoms with Crippen LogP contribution in [0.2, 0.25) is 0 Å². The van der Waals surface area contributed by atoms with Gasteiger partial charge in [0.25, 0.3) is 0 Å². The van der Waals surface area contributed by atoms with Crippen LogP contribution in [0, 0.1) is 6.92 Å². The fraction of sp³-hybridized carbons (Fsp3) is 0.125. The lowest BCUT2D eigenvalue weighted by atomic mass is 10.2. The molecule has 4 nitrogen and oxygen atoms in total. The lowest BCUT2D eigenvalue weighted by Gasteiger charge is -1.98. The van der Waals surface area contributed by atoms with Gasteiger partial charge in [-0.2, -0.15) is 0 Å². The number of pyridine rings is 1. The van der Waals surface area contributed by atoms with Gasteiger partial charge in [-0.1, -0.05) is 0 Å². The smallest absolute Gasteiger partial charge is 0.390 e. The second-order valence-corrected chi connectivity index (χ2v) is 3.11. The van der Waals surface area contributed by atoms with E-state index in [0.29, 0.717) is 0 Å². The van der Waals surface area contributed by atoms with Crippen LogP contribution in [-0.4, -0.2) is 14.8 Å². The van der Waals surface area contributed by atoms with Gasteiger partial charge >= 0.3 is 8.60 Å². The molecule has 0 aromatic carbocycles. The number of aromatic nitrogens is 1. The minimum Gasteiger partial charge on any atom is -0.435 e. The Balaban J connectivity index is 2.58. The van der Waals surface area contributed by atoms with E-state index in [0.717, 1.165) is 11.3 Å². The van der Waals surface area contributed by atoms with Crippen LogP contribution in [-0.2, 0) is 4.52 Å². The molecule has 1 aromatic rings. The first kappa shape index (κ1) is 10.1. The molecule has 0 aliphatic heterocycles. The van der Waals surface area contributed by atoms with E-state index in [-0.39, 0.29) is 0 Å². The van der Waals surface area contributed by atoms with Crippen LogP contribution < -0.4 is 0 Å². The van der Waals surface area contributed by atoms with E-state index in [1.807, 2.05) is 13.0 Å². The van der Waals surface area contributed by atoms with Gasteiger partial charge in [0.15, 0.2) is 0 Å². The zero-order valence-corrected chi connectivity index (χ0v) is 7.98. The summed E-state index contributed by atoms with van der Waals surface area (Å²) in [6.45, 7) is 1.88. The van der Waals surface area contributed by atoms with Gasteiger partial charge in [0, 0.05) is 11.9 Å². The average molecular weight is 199 g/mol. The van der Waals surface area contributed by atoms with Crippen LogP contribution in [0.4, 0.5) is 0 Å². The molecule has 0 aliphatic rings. The summed E-state index contributed by atoms with van der Waals surface area (Å²) in [5.41, 5.74) is 1.81. The molecule has 0 amide bonds. The predicted molar refractivity (Wildman–Crippen MR) is 50.5 cm³/mol. The van der Waals surface area contributed by atoms with E-state index < -0.39 is 8.60 Å². The maximum Gasteiger partial charge on any atom is 0.390 e. The number of hydrogen-bond donors (Lipinski definition) is 2. The number of hydrogen-bond acceptors (Lipinski definition) is 4. The van der Waals surface area contributed by atoms with Crippen molar-refractivity contribution < 1.29 is 14.3 Å². The van der Waals surface area contributed by atoms with Gasteiger partial charge in [-0.25, -0.2) is 0 Å². The van der Waals surface area contributed by atoms with Crippen LogP contribution in [0.15, 0.2) is 24.6 Å². The zero-order chi connectivity index (χ0) is 9.68. The van der Waals surface area contributed by atoms with Crippen molar-refractivity contribution in [1.29, 1.82) is 0 Å². The Labute approximate surface area is 77.5 Å². The van der Waals surface area contributed by atoms with Gasteiger partial charge < -0.3 is 14.3 Å². The fourth-order valence-electron chi connectivity index (χ4n) is 0.835. The van der Waals surface area contributed by atoms with E-state index in [1.165, 1.54) is 6.26 Å². The van der Waals surface area contributed by atoms with Crippen molar-refractivity contribution in [2.75, 3.05) is 0 Å². The van der Waals surface area contributed by atoms with Crippen molar-refractivity contribution >= 4 is 14.7 Å². The van der Waals surface area contributed by atoms with Gasteiger partial charge in [0.2, 0.25) is 0 Å². The maximum atomic E-state index is 8.42. The minimum atomic E-state index is -2.31. The standard InChI is InChI=1S/C8H10NO3P/c1-7-6-8(2-4-9-7)3-5-12-13(10)11/h2-6,10-11H,1H3/b5-3+. The molecule has 0 spiro atoms. The highest BCUT2D eigenvalue weighted by Crippen LogP contribution is 2.24. The first-order valence-corrected chi connectivity index (χ1v) is 4.79. The molecule has 0 saturated carbocycles. The van der Waals surface area contributed by atoms with E-state index in [2.05, 4.69) is 9.51 Å². The zero-order valence-electron chi connectivity index (χ0n) is 7.08. The third kappa shape index (κ3) is 3.99. The molecule has 1 rings (SSSR count). The molecule has 1 aromatic heterocycles. The van der Waals surface area contributed by atoms with Gasteiger partial charge in [0.1, 0.15) is 0 Å². The molecule has 0 fully saturated rings. The summed E-state index contributed by atoms with van der Waals surface area (Å²) in [6, 6.07) is 3.65. The molecule has 70 valence electrons. The van der Waals surface area contributed by atoms with E-state index in [1.54, 1.807) is 18.3 Å². The summed E-state index contributed by atoms with van der Waals surface area (Å²) in [7, 11) is -2.31. The van der Waals surface area contributed by atoms with E-state index >= 15 is 0 Å². The molecule has 0 atom stereocenters. The Bertz CT molecular complexity index is 301. The van der Waals surface area contributed by atoms with Crippen LogP contribution in [0.3, 0.4) is 0 Å². The third-order valence-electron chi connectivity index (χ3n) is 1.34. The summed E-state index contributed by atoms with van der Waals surface area (Å²) < 4.78 is 4.46. The van der Waals surface area contributed by atoms with E-state index in [4.69, 9.17) is 9.79 Å². The van der Waals surface area contributed by atoms with Crippen molar-refractivity contribution in [3.8, 4) is 0 Å². The Kier molecular flexibility index (Phi) is 3.83. The second kappa shape index (κ2) is 4.92. The molecule has 0 saturated heterocycles. The van der Waals surface area contributed by atoms with Crippen LogP contribution in [0.25, 0.3) is 6.08 Å². The molecule has 1 heterocycles. The summed E-state index contributed by atoms with van der Waals surface area (Å²) >= 11 is 0. The molecular weight excluding hydrogens is 189 g/mol. The highest BCUT2D eigenvalue weighted by molar-refractivity contribution is 7.39. The van der Waals surface area contributed by atoms with Crippen molar-refractivity contribution in [1.82, 2.24) is 4.98 Å². The van der Waals surface area contributed by atoms with Crippen LogP contribution in [0.1, 0.15) is 11.3 Å². The summed E-state index contributed by atoms with van der Waals surface area (Å²) in [4.78, 5) is 20.9. The van der Waals surface area contributed by atoms with Crippen molar-refractivity contribution in [3.05, 3.63) is 35.8 Å². The lowest BCUT2D eigenvalue weighted by molar-refractivity contribution is 0.344. The SMILES string of the molecule is Cc1cc(/C=C/OP(O)O)ccn1. The average Bonchev–Trinajstić information content (AvgIpc) is 2.03. The molecule has 0 unspecified atom stereocenters. The maximum absolute atomic E-state index is 8.42. The molecule has 0 aliphatic carbocycles. The monoisotopic (exact) mass is 199 g/mol. The minimum absolute atomic E-state index is 0.900. The van der Waals surface area contributed by atoms with Crippen LogP contribution >= 0.6 is 8.60 Å². The topological polar surface area (TPSA) is 62.6 Å². The molecule has 13 heavy (non-hydrogen) atoms. The fourth-order valence-corrected chi connectivity index (χ4v) is 1.00. The summed E-state index contributed by atoms with van der Waals surface area (Å²) in [5, 5.41) is 0. The molecule has 2 N–H and O–H groups in total. The Morgan fingerprint density at radius 2 is 2.31 bits per heavy atom. The largest absolute Gasteiger partial charge is 0.435 e. The van der Waals surface area contributed by atoms with E-state index in [9.17, 15) is 0 Å². The molecule has 0 bridgehead atoms.